The first kappa shape index (κ1) is 15.2. The number of nitrogens with one attached hydrogen (secondary N) is 1. The van der Waals surface area contributed by atoms with Crippen LogP contribution in [-0.2, 0) is 4.74 Å². The lowest BCUT2D eigenvalue weighted by atomic mass is 9.70. The Bertz CT molecular complexity index is 588. The minimum atomic E-state index is -0.373. The Hall–Kier alpha value is -1.66. The first-order valence-electron chi connectivity index (χ1n) is 7.71. The van der Waals surface area contributed by atoms with Crippen molar-refractivity contribution in [1.29, 1.82) is 0 Å². The molecule has 0 unspecified atom stereocenters. The number of non-ortho nitro benzene ring substituents is 1. The molecule has 2 N–H and O–H groups in total. The third kappa shape index (κ3) is 2.46. The Balaban J connectivity index is 2.04. The van der Waals surface area contributed by atoms with Gasteiger partial charge in [0.25, 0.3) is 5.69 Å². The fourth-order valence-corrected chi connectivity index (χ4v) is 3.64. The van der Waals surface area contributed by atoms with Gasteiger partial charge in [-0.1, -0.05) is 13.8 Å². The molecule has 0 aliphatic carbocycles. The fraction of sp³-hybridized carbons (Fsp3) is 0.625. The number of fused-ring (bicyclic) bond motifs is 3. The van der Waals surface area contributed by atoms with Gasteiger partial charge in [0.1, 0.15) is 0 Å². The van der Waals surface area contributed by atoms with E-state index in [-0.39, 0.29) is 40.7 Å². The summed E-state index contributed by atoms with van der Waals surface area (Å²) in [5.41, 5.74) is 1.54. The van der Waals surface area contributed by atoms with Crippen LogP contribution in [0.25, 0.3) is 0 Å². The molecule has 1 aromatic rings. The van der Waals surface area contributed by atoms with Crippen molar-refractivity contribution in [3.8, 4) is 0 Å². The van der Waals surface area contributed by atoms with Crippen LogP contribution >= 0.6 is 0 Å². The van der Waals surface area contributed by atoms with Crippen molar-refractivity contribution >= 4 is 11.4 Å². The number of hydrogen-bond donors (Lipinski definition) is 2. The number of nitrogens with zero attached hydrogens (tertiary/aromatic N) is 1. The number of ether oxygens (including phenoxy) is 1. The minimum absolute atomic E-state index is 0.0796. The zero-order valence-corrected chi connectivity index (χ0v) is 12.9. The monoisotopic (exact) mass is 306 g/mol. The van der Waals surface area contributed by atoms with E-state index in [0.29, 0.717) is 6.61 Å². The smallest absolute Gasteiger partial charge is 0.269 e. The molecule has 1 saturated heterocycles. The first-order valence-corrected chi connectivity index (χ1v) is 7.71. The van der Waals surface area contributed by atoms with E-state index >= 15 is 0 Å². The van der Waals surface area contributed by atoms with E-state index < -0.39 is 0 Å². The number of nitro benzene ring substituents is 1. The Morgan fingerprint density at radius 1 is 1.50 bits per heavy atom. The average molecular weight is 306 g/mol. The predicted octanol–water partition coefficient (Wildman–Crippen LogP) is 2.88. The second-order valence-corrected chi connectivity index (χ2v) is 6.89. The van der Waals surface area contributed by atoms with Gasteiger partial charge in [-0.15, -0.1) is 0 Å². The number of aliphatic hydroxyl groups excluding tert-OH is 1. The maximum absolute atomic E-state index is 11.0. The number of aliphatic hydroxyl groups is 1. The van der Waals surface area contributed by atoms with Crippen LogP contribution in [0, 0.1) is 21.4 Å². The van der Waals surface area contributed by atoms with Gasteiger partial charge in [-0.2, -0.15) is 0 Å². The van der Waals surface area contributed by atoms with Crippen LogP contribution in [0.15, 0.2) is 18.2 Å². The van der Waals surface area contributed by atoms with Crippen LogP contribution < -0.4 is 5.32 Å². The third-order valence-corrected chi connectivity index (χ3v) is 4.91. The highest BCUT2D eigenvalue weighted by molar-refractivity contribution is 5.60. The normalized spacial score (nSPS) is 27.5. The number of rotatable bonds is 3. The predicted molar refractivity (Wildman–Crippen MR) is 82.8 cm³/mol. The standard InChI is InChI=1S/C16H22N2O4/c1-16(2,9-19)15-11-4-3-7-22-14(11)12-8-10(18(20)21)5-6-13(12)17-15/h5-6,8,11,14-15,17,19H,3-4,7,9H2,1-2H3/t11-,14+,15+/m1/s1. The second kappa shape index (κ2) is 5.52. The third-order valence-electron chi connectivity index (χ3n) is 4.91. The van der Waals surface area contributed by atoms with E-state index in [1.165, 1.54) is 6.07 Å². The molecule has 0 saturated carbocycles. The summed E-state index contributed by atoms with van der Waals surface area (Å²) in [5.74, 6) is 0.213. The highest BCUT2D eigenvalue weighted by Crippen LogP contribution is 2.48. The molecule has 1 aromatic carbocycles. The average Bonchev–Trinajstić information content (AvgIpc) is 2.53. The molecule has 2 aliphatic heterocycles. The van der Waals surface area contributed by atoms with Gasteiger partial charge in [0.2, 0.25) is 0 Å². The molecule has 3 rings (SSSR count). The van der Waals surface area contributed by atoms with Crippen molar-refractivity contribution < 1.29 is 14.8 Å². The van der Waals surface area contributed by atoms with Gasteiger partial charge in [-0.25, -0.2) is 0 Å². The Labute approximate surface area is 129 Å². The summed E-state index contributed by atoms with van der Waals surface area (Å²) in [5, 5.41) is 24.3. The molecular weight excluding hydrogens is 284 g/mol. The van der Waals surface area contributed by atoms with Gasteiger partial charge in [-0.05, 0) is 18.9 Å². The number of hydrogen-bond acceptors (Lipinski definition) is 5. The van der Waals surface area contributed by atoms with Crippen LogP contribution in [0.2, 0.25) is 0 Å². The molecule has 2 heterocycles. The molecule has 3 atom stereocenters. The Morgan fingerprint density at radius 2 is 2.27 bits per heavy atom. The summed E-state index contributed by atoms with van der Waals surface area (Å²) in [6, 6.07) is 4.96. The minimum Gasteiger partial charge on any atom is -0.396 e. The van der Waals surface area contributed by atoms with Gasteiger partial charge in [0, 0.05) is 47.4 Å². The zero-order chi connectivity index (χ0) is 15.9. The van der Waals surface area contributed by atoms with Crippen LogP contribution in [0.5, 0.6) is 0 Å². The second-order valence-electron chi connectivity index (χ2n) is 6.89. The van der Waals surface area contributed by atoms with E-state index in [1.807, 2.05) is 13.8 Å². The molecule has 6 heteroatoms. The van der Waals surface area contributed by atoms with Crippen molar-refractivity contribution in [3.63, 3.8) is 0 Å². The Morgan fingerprint density at radius 3 is 2.95 bits per heavy atom. The van der Waals surface area contributed by atoms with Gasteiger partial charge >= 0.3 is 0 Å². The summed E-state index contributed by atoms with van der Waals surface area (Å²) in [6.07, 6.45) is 1.83. The van der Waals surface area contributed by atoms with E-state index in [1.54, 1.807) is 12.1 Å². The van der Waals surface area contributed by atoms with Crippen LogP contribution in [0.3, 0.4) is 0 Å². The number of nitro groups is 1. The van der Waals surface area contributed by atoms with Crippen molar-refractivity contribution in [2.45, 2.75) is 38.8 Å². The lowest BCUT2D eigenvalue weighted by molar-refractivity contribution is -0.385. The lowest BCUT2D eigenvalue weighted by Crippen LogP contribution is -2.50. The maximum Gasteiger partial charge on any atom is 0.269 e. The summed E-state index contributed by atoms with van der Waals surface area (Å²) in [6.45, 7) is 4.82. The molecule has 22 heavy (non-hydrogen) atoms. The largest absolute Gasteiger partial charge is 0.396 e. The first-order chi connectivity index (χ1) is 10.4. The van der Waals surface area contributed by atoms with E-state index in [9.17, 15) is 15.2 Å². The van der Waals surface area contributed by atoms with Crippen molar-refractivity contribution in [2.24, 2.45) is 11.3 Å². The van der Waals surface area contributed by atoms with Crippen molar-refractivity contribution in [1.82, 2.24) is 0 Å². The highest BCUT2D eigenvalue weighted by atomic mass is 16.6. The molecular formula is C16H22N2O4. The molecule has 0 aromatic heterocycles. The summed E-state index contributed by atoms with van der Waals surface area (Å²) in [7, 11) is 0. The summed E-state index contributed by atoms with van der Waals surface area (Å²) in [4.78, 5) is 10.7. The maximum atomic E-state index is 11.0. The van der Waals surface area contributed by atoms with Crippen LogP contribution in [-0.4, -0.2) is 29.3 Å². The molecule has 6 nitrogen and oxygen atoms in total. The lowest BCUT2D eigenvalue weighted by Gasteiger charge is -2.48. The molecule has 2 aliphatic rings. The molecule has 1 fully saturated rings. The topological polar surface area (TPSA) is 84.6 Å². The van der Waals surface area contributed by atoms with Crippen LogP contribution in [0.4, 0.5) is 11.4 Å². The van der Waals surface area contributed by atoms with Crippen molar-refractivity contribution in [3.05, 3.63) is 33.9 Å². The Kier molecular flexibility index (Phi) is 3.82. The van der Waals surface area contributed by atoms with E-state index in [2.05, 4.69) is 5.32 Å². The molecule has 0 spiro atoms. The van der Waals surface area contributed by atoms with E-state index in [0.717, 1.165) is 24.1 Å². The summed E-state index contributed by atoms with van der Waals surface area (Å²) >= 11 is 0. The molecule has 0 radical (unpaired) electrons. The van der Waals surface area contributed by atoms with Gasteiger partial charge < -0.3 is 15.2 Å². The molecule has 120 valence electrons. The number of benzene rings is 1. The SMILES string of the molecule is CC(C)(CO)[C@H]1Nc2ccc([N+](=O)[O-])cc2[C@H]2OCCC[C@H]21. The summed E-state index contributed by atoms with van der Waals surface area (Å²) < 4.78 is 5.97. The number of anilines is 1. The van der Waals surface area contributed by atoms with E-state index in [4.69, 9.17) is 4.74 Å². The van der Waals surface area contributed by atoms with Crippen LogP contribution in [0.1, 0.15) is 38.4 Å². The van der Waals surface area contributed by atoms with Gasteiger partial charge in [0.05, 0.1) is 17.6 Å². The fourth-order valence-electron chi connectivity index (χ4n) is 3.64. The molecule has 0 bridgehead atoms. The van der Waals surface area contributed by atoms with Gasteiger partial charge in [0.15, 0.2) is 0 Å². The zero-order valence-electron chi connectivity index (χ0n) is 12.9. The highest BCUT2D eigenvalue weighted by Gasteiger charge is 2.45. The quantitative estimate of drug-likeness (QED) is 0.662. The molecule has 0 amide bonds. The van der Waals surface area contributed by atoms with Crippen molar-refractivity contribution in [2.75, 3.05) is 18.5 Å². The van der Waals surface area contributed by atoms with Gasteiger partial charge in [-0.3, -0.25) is 10.1 Å².